The van der Waals surface area contributed by atoms with Crippen molar-refractivity contribution in [3.8, 4) is 11.5 Å². The quantitative estimate of drug-likeness (QED) is 0.120. The number of thioether (sulfide) groups is 1. The van der Waals surface area contributed by atoms with E-state index in [1.54, 1.807) is 49.3 Å². The van der Waals surface area contributed by atoms with Gasteiger partial charge in [-0.2, -0.15) is 0 Å². The first-order chi connectivity index (χ1) is 15.0. The molecule has 0 radical (unpaired) electrons. The molecule has 0 aliphatic rings. The molecule has 0 bridgehead atoms. The summed E-state index contributed by atoms with van der Waals surface area (Å²) in [4.78, 5) is 24.3. The Balaban J connectivity index is 2.57. The molecule has 0 amide bonds. The number of carbonyl (C=O) groups excluding carboxylic acids is 2. The fourth-order valence-corrected chi connectivity index (χ4v) is 3.54. The van der Waals surface area contributed by atoms with Gasteiger partial charge in [0.05, 0.1) is 18.1 Å². The first-order valence-electron chi connectivity index (χ1n) is 9.54. The monoisotopic (exact) mass is 443 g/mol. The molecule has 2 aromatic carbocycles. The normalized spacial score (nSPS) is 11.1. The zero-order valence-corrected chi connectivity index (χ0v) is 18.4. The van der Waals surface area contributed by atoms with Crippen LogP contribution in [0, 0.1) is 5.41 Å². The van der Waals surface area contributed by atoms with Gasteiger partial charge in [-0.25, -0.2) is 9.59 Å². The molecular formula is C22H25N3O5S. The summed E-state index contributed by atoms with van der Waals surface area (Å²) in [7, 11) is 0. The Kier molecular flexibility index (Phi) is 8.99. The summed E-state index contributed by atoms with van der Waals surface area (Å²) in [5.41, 5.74) is 7.14. The van der Waals surface area contributed by atoms with Crippen LogP contribution in [-0.4, -0.2) is 37.2 Å². The summed E-state index contributed by atoms with van der Waals surface area (Å²) in [6.07, 6.45) is 2.73. The van der Waals surface area contributed by atoms with Crippen LogP contribution < -0.4 is 20.5 Å². The van der Waals surface area contributed by atoms with Crippen LogP contribution in [0.2, 0.25) is 0 Å². The first kappa shape index (κ1) is 23.9. The number of nitrogens with one attached hydrogen (secondary N) is 2. The minimum Gasteiger partial charge on any atom is -0.493 e. The first-order valence-corrected chi connectivity index (χ1v) is 10.8. The van der Waals surface area contributed by atoms with Crippen LogP contribution in [0.1, 0.15) is 31.0 Å². The number of anilines is 1. The third kappa shape index (κ3) is 6.04. The van der Waals surface area contributed by atoms with E-state index >= 15 is 0 Å². The van der Waals surface area contributed by atoms with Crippen molar-refractivity contribution >= 4 is 35.2 Å². The fourth-order valence-electron chi connectivity index (χ4n) is 2.86. The van der Waals surface area contributed by atoms with Gasteiger partial charge >= 0.3 is 5.97 Å². The maximum atomic E-state index is 12.8. The third-order valence-corrected chi connectivity index (χ3v) is 4.97. The average Bonchev–Trinajstić information content (AvgIpc) is 2.76. The summed E-state index contributed by atoms with van der Waals surface area (Å²) in [6.45, 7) is 4.21. The number of amidine groups is 1. The molecule has 8 nitrogen and oxygen atoms in total. The molecule has 2 aromatic rings. The van der Waals surface area contributed by atoms with Gasteiger partial charge in [-0.1, -0.05) is 0 Å². The minimum absolute atomic E-state index is 0.0547. The van der Waals surface area contributed by atoms with Crippen LogP contribution >= 0.6 is 11.8 Å². The minimum atomic E-state index is -0.931. The molecule has 4 N–H and O–H groups in total. The number of nitrogens with two attached hydrogens (primary N) is 1. The van der Waals surface area contributed by atoms with Gasteiger partial charge in [0.2, 0.25) is 0 Å². The fraction of sp³-hybridized carbons (Fsp3) is 0.273. The molecular weight excluding hydrogens is 418 g/mol. The van der Waals surface area contributed by atoms with Crippen molar-refractivity contribution < 1.29 is 23.8 Å². The van der Waals surface area contributed by atoms with E-state index in [9.17, 15) is 9.59 Å². The molecule has 0 spiro atoms. The molecule has 1 atom stereocenters. The zero-order valence-electron chi connectivity index (χ0n) is 17.6. The molecule has 0 saturated carbocycles. The maximum Gasteiger partial charge on any atom is 0.333 e. The van der Waals surface area contributed by atoms with Gasteiger partial charge < -0.3 is 25.3 Å². The molecule has 0 aliphatic carbocycles. The van der Waals surface area contributed by atoms with Crippen LogP contribution in [0.15, 0.2) is 47.6 Å². The molecule has 2 rings (SSSR count). The maximum absolute atomic E-state index is 12.8. The van der Waals surface area contributed by atoms with Gasteiger partial charge in [-0.3, -0.25) is 5.41 Å². The number of hydrogen-bond acceptors (Lipinski definition) is 8. The summed E-state index contributed by atoms with van der Waals surface area (Å²) < 4.78 is 16.5. The van der Waals surface area contributed by atoms with E-state index in [4.69, 9.17) is 25.4 Å². The van der Waals surface area contributed by atoms with Crippen LogP contribution in [-0.2, 0) is 14.3 Å². The van der Waals surface area contributed by atoms with E-state index in [1.807, 2.05) is 13.2 Å². The Labute approximate surface area is 185 Å². The van der Waals surface area contributed by atoms with Gasteiger partial charge in [0.15, 0.2) is 24.0 Å². The molecule has 0 fully saturated rings. The Morgan fingerprint density at radius 2 is 1.94 bits per heavy atom. The van der Waals surface area contributed by atoms with Crippen molar-refractivity contribution in [1.82, 2.24) is 0 Å². The highest BCUT2D eigenvalue weighted by molar-refractivity contribution is 7.98. The predicted octanol–water partition coefficient (Wildman–Crippen LogP) is 3.53. The van der Waals surface area contributed by atoms with Crippen LogP contribution in [0.5, 0.6) is 11.5 Å². The van der Waals surface area contributed by atoms with Gasteiger partial charge in [0.25, 0.3) is 0 Å². The number of carbonyl (C=O) groups is 1. The van der Waals surface area contributed by atoms with E-state index in [1.165, 1.54) is 11.8 Å². The summed E-state index contributed by atoms with van der Waals surface area (Å²) in [5.74, 6) is 1.89. The Bertz CT molecular complexity index is 972. The van der Waals surface area contributed by atoms with Crippen molar-refractivity contribution in [2.75, 3.05) is 24.8 Å². The molecule has 0 heterocycles. The topological polar surface area (TPSA) is 124 Å². The van der Waals surface area contributed by atoms with Gasteiger partial charge in [0, 0.05) is 16.8 Å². The Morgan fingerprint density at radius 1 is 1.23 bits per heavy atom. The number of rotatable bonds is 11. The second kappa shape index (κ2) is 11.7. The summed E-state index contributed by atoms with van der Waals surface area (Å²) >= 11 is 1.36. The number of hydrogen-bond donors (Lipinski definition) is 3. The molecule has 164 valence electrons. The third-order valence-electron chi connectivity index (χ3n) is 4.18. The molecule has 0 aliphatic heterocycles. The molecule has 0 aromatic heterocycles. The van der Waals surface area contributed by atoms with Gasteiger partial charge in [-0.15, -0.1) is 11.8 Å². The highest BCUT2D eigenvalue weighted by Gasteiger charge is 2.28. The lowest BCUT2D eigenvalue weighted by Gasteiger charge is -2.23. The summed E-state index contributed by atoms with van der Waals surface area (Å²) in [5, 5.41) is 10.7. The van der Waals surface area contributed by atoms with Crippen molar-refractivity contribution in [1.29, 1.82) is 5.41 Å². The number of ether oxygens (including phenoxy) is 3. The second-order valence-corrected chi connectivity index (χ2v) is 6.94. The van der Waals surface area contributed by atoms with E-state index in [0.29, 0.717) is 39.8 Å². The van der Waals surface area contributed by atoms with Crippen LogP contribution in [0.3, 0.4) is 0 Å². The van der Waals surface area contributed by atoms with Crippen molar-refractivity contribution in [3.05, 3.63) is 53.8 Å². The lowest BCUT2D eigenvalue weighted by atomic mass is 10.0. The highest BCUT2D eigenvalue weighted by atomic mass is 32.2. The smallest absolute Gasteiger partial charge is 0.333 e. The molecule has 9 heteroatoms. The van der Waals surface area contributed by atoms with Crippen LogP contribution in [0.4, 0.5) is 5.69 Å². The number of esters is 1. The van der Waals surface area contributed by atoms with E-state index in [-0.39, 0.29) is 12.4 Å². The Morgan fingerprint density at radius 3 is 2.48 bits per heavy atom. The molecule has 1 unspecified atom stereocenters. The average molecular weight is 444 g/mol. The van der Waals surface area contributed by atoms with Crippen molar-refractivity contribution in [2.24, 2.45) is 5.73 Å². The van der Waals surface area contributed by atoms with Crippen LogP contribution in [0.25, 0.3) is 0 Å². The molecule has 31 heavy (non-hydrogen) atoms. The number of benzene rings is 2. The van der Waals surface area contributed by atoms with Crippen molar-refractivity contribution in [2.45, 2.75) is 24.8 Å². The van der Waals surface area contributed by atoms with E-state index in [0.717, 1.165) is 6.26 Å². The molecule has 0 saturated heterocycles. The van der Waals surface area contributed by atoms with E-state index < -0.39 is 12.0 Å². The SMILES string of the molecule is CCOC(=O)C(Nc1ccc(C(=N)N)cc1)c1ccc(OCC)c(SC)c1OC=C=O. The predicted molar refractivity (Wildman–Crippen MR) is 121 cm³/mol. The largest absolute Gasteiger partial charge is 0.493 e. The lowest BCUT2D eigenvalue weighted by Crippen LogP contribution is -2.24. The standard InChI is InChI=1S/C22H25N3O5S/c1-4-28-17-11-10-16(19(20(17)31-3)30-13-12-26)18(22(27)29-5-2)25-15-8-6-14(7-9-15)21(23)24/h6-11,13,18,25H,4-5H2,1-3H3,(H3,23,24). The van der Waals surface area contributed by atoms with Gasteiger partial charge in [0.1, 0.15) is 11.6 Å². The van der Waals surface area contributed by atoms with Crippen molar-refractivity contribution in [3.63, 3.8) is 0 Å². The lowest BCUT2D eigenvalue weighted by molar-refractivity contribution is -0.144. The van der Waals surface area contributed by atoms with Gasteiger partial charge in [-0.05, 0) is 56.5 Å². The number of nitrogen functional groups attached to an aromatic ring is 1. The Hall–Kier alpha value is -3.42. The summed E-state index contributed by atoms with van der Waals surface area (Å²) in [6, 6.07) is 9.26. The van der Waals surface area contributed by atoms with E-state index in [2.05, 4.69) is 5.32 Å². The second-order valence-electron chi connectivity index (χ2n) is 6.12. The zero-order chi connectivity index (χ0) is 22.8. The highest BCUT2D eigenvalue weighted by Crippen LogP contribution is 2.42.